The zero-order chi connectivity index (χ0) is 13.0. The predicted octanol–water partition coefficient (Wildman–Crippen LogP) is 1.95. The van der Waals surface area contributed by atoms with Gasteiger partial charge >= 0.3 is 5.97 Å². The molecule has 1 heterocycles. The summed E-state index contributed by atoms with van der Waals surface area (Å²) in [5, 5.41) is 10.1. The summed E-state index contributed by atoms with van der Waals surface area (Å²) in [5.41, 5.74) is 1.33. The maximum atomic E-state index is 11.6. The number of fused-ring (bicyclic) bond motifs is 1. The molecule has 1 N–H and O–H groups in total. The Morgan fingerprint density at radius 3 is 2.67 bits per heavy atom. The van der Waals surface area contributed by atoms with Crippen molar-refractivity contribution in [1.29, 1.82) is 0 Å². The van der Waals surface area contributed by atoms with Crippen molar-refractivity contribution >= 4 is 21.9 Å². The minimum absolute atomic E-state index is 0.113. The van der Waals surface area contributed by atoms with Crippen LogP contribution in [0.15, 0.2) is 28.5 Å². The van der Waals surface area contributed by atoms with Crippen molar-refractivity contribution in [3.8, 4) is 0 Å². The van der Waals surface area contributed by atoms with Crippen LogP contribution in [-0.4, -0.2) is 19.5 Å². The fourth-order valence-electron chi connectivity index (χ4n) is 2.51. The summed E-state index contributed by atoms with van der Waals surface area (Å²) in [4.78, 5) is 11.2. The van der Waals surface area contributed by atoms with E-state index < -0.39 is 15.8 Å². The predicted molar refractivity (Wildman–Crippen MR) is 65.8 cm³/mol. The van der Waals surface area contributed by atoms with Crippen LogP contribution in [0.2, 0.25) is 0 Å². The Morgan fingerprint density at radius 2 is 2.06 bits per heavy atom. The zero-order valence-corrected chi connectivity index (χ0v) is 10.4. The van der Waals surface area contributed by atoms with E-state index in [2.05, 4.69) is 0 Å². The first kappa shape index (κ1) is 11.5. The molecule has 0 atom stereocenters. The van der Waals surface area contributed by atoms with Crippen LogP contribution in [0.25, 0.3) is 6.08 Å². The second-order valence-corrected chi connectivity index (χ2v) is 6.75. The lowest BCUT2D eigenvalue weighted by Gasteiger charge is -2.14. The molecule has 0 amide bonds. The Kier molecular flexibility index (Phi) is 2.20. The van der Waals surface area contributed by atoms with Gasteiger partial charge in [0.25, 0.3) is 0 Å². The van der Waals surface area contributed by atoms with Gasteiger partial charge in [0.2, 0.25) is 0 Å². The molecule has 0 bridgehead atoms. The van der Waals surface area contributed by atoms with Gasteiger partial charge < -0.3 is 5.11 Å². The molecule has 0 unspecified atom stereocenters. The molecule has 1 aliphatic carbocycles. The molecule has 1 fully saturated rings. The number of aliphatic carboxylic acids is 1. The largest absolute Gasteiger partial charge is 0.481 e. The maximum absolute atomic E-state index is 11.6. The molecule has 0 spiro atoms. The van der Waals surface area contributed by atoms with Gasteiger partial charge in [-0.2, -0.15) is 0 Å². The van der Waals surface area contributed by atoms with E-state index in [-0.39, 0.29) is 11.8 Å². The Hall–Kier alpha value is -1.62. The lowest BCUT2D eigenvalue weighted by molar-refractivity contribution is -0.137. The fraction of sp³-hybridized carbons (Fsp3) is 0.308. The van der Waals surface area contributed by atoms with Crippen LogP contribution in [-0.2, 0) is 20.0 Å². The summed E-state index contributed by atoms with van der Waals surface area (Å²) >= 11 is 0. The molecule has 4 nitrogen and oxygen atoms in total. The molecule has 0 radical (unpaired) electrons. The Labute approximate surface area is 105 Å². The maximum Gasteiger partial charge on any atom is 0.304 e. The average Bonchev–Trinajstić information content (AvgIpc) is 2.99. The number of hydrogen-bond acceptors (Lipinski definition) is 3. The Morgan fingerprint density at radius 1 is 1.33 bits per heavy atom. The molecule has 3 rings (SSSR count). The van der Waals surface area contributed by atoms with E-state index in [1.165, 1.54) is 5.41 Å². The third kappa shape index (κ3) is 1.66. The normalized spacial score (nSPS) is 21.6. The van der Waals surface area contributed by atoms with Gasteiger partial charge in [0, 0.05) is 10.8 Å². The van der Waals surface area contributed by atoms with Gasteiger partial charge in [0.05, 0.1) is 11.3 Å². The van der Waals surface area contributed by atoms with E-state index in [1.807, 2.05) is 6.07 Å². The number of carbonyl (C=O) groups is 1. The summed E-state index contributed by atoms with van der Waals surface area (Å²) in [6.45, 7) is 0. The van der Waals surface area contributed by atoms with Crippen molar-refractivity contribution in [2.24, 2.45) is 0 Å². The summed E-state index contributed by atoms with van der Waals surface area (Å²) < 4.78 is 23.3. The van der Waals surface area contributed by atoms with Crippen LogP contribution >= 0.6 is 0 Å². The van der Waals surface area contributed by atoms with E-state index in [0.717, 1.165) is 18.4 Å². The van der Waals surface area contributed by atoms with Crippen molar-refractivity contribution in [3.63, 3.8) is 0 Å². The van der Waals surface area contributed by atoms with E-state index >= 15 is 0 Å². The van der Waals surface area contributed by atoms with Crippen LogP contribution < -0.4 is 0 Å². The first-order valence-corrected chi connectivity index (χ1v) is 7.27. The highest BCUT2D eigenvalue weighted by Crippen LogP contribution is 2.51. The van der Waals surface area contributed by atoms with Gasteiger partial charge in [-0.15, -0.1) is 0 Å². The molecular formula is C13H12O4S. The van der Waals surface area contributed by atoms with E-state index in [9.17, 15) is 13.2 Å². The number of benzene rings is 1. The topological polar surface area (TPSA) is 71.4 Å². The highest BCUT2D eigenvalue weighted by Gasteiger charge is 2.46. The van der Waals surface area contributed by atoms with Crippen LogP contribution in [0, 0.1) is 0 Å². The summed E-state index contributed by atoms with van der Waals surface area (Å²) in [7, 11) is -3.27. The smallest absolute Gasteiger partial charge is 0.304 e. The molecule has 1 aliphatic heterocycles. The van der Waals surface area contributed by atoms with Crippen molar-refractivity contribution < 1.29 is 18.3 Å². The van der Waals surface area contributed by atoms with E-state index in [4.69, 9.17) is 5.11 Å². The van der Waals surface area contributed by atoms with E-state index in [1.54, 1.807) is 18.2 Å². The van der Waals surface area contributed by atoms with Crippen LogP contribution in [0.4, 0.5) is 0 Å². The summed E-state index contributed by atoms with van der Waals surface area (Å²) in [6, 6.07) is 5.15. The minimum atomic E-state index is -3.27. The average molecular weight is 264 g/mol. The molecule has 94 valence electrons. The lowest BCUT2D eigenvalue weighted by atomic mass is 9.91. The molecule has 18 heavy (non-hydrogen) atoms. The number of carboxylic acid groups (broad SMARTS) is 1. The first-order valence-electron chi connectivity index (χ1n) is 5.73. The number of sulfone groups is 1. The minimum Gasteiger partial charge on any atom is -0.481 e. The quantitative estimate of drug-likeness (QED) is 0.905. The van der Waals surface area contributed by atoms with Gasteiger partial charge in [-0.1, -0.05) is 6.07 Å². The van der Waals surface area contributed by atoms with Crippen molar-refractivity contribution in [2.75, 3.05) is 0 Å². The Bertz CT molecular complexity index is 666. The van der Waals surface area contributed by atoms with Gasteiger partial charge in [-0.3, -0.25) is 4.79 Å². The second kappa shape index (κ2) is 3.45. The highest BCUT2D eigenvalue weighted by atomic mass is 32.2. The number of hydrogen-bond donors (Lipinski definition) is 1. The van der Waals surface area contributed by atoms with Gasteiger partial charge in [-0.25, -0.2) is 8.42 Å². The van der Waals surface area contributed by atoms with E-state index in [0.29, 0.717) is 10.5 Å². The lowest BCUT2D eigenvalue weighted by Crippen LogP contribution is -2.13. The molecule has 1 aromatic carbocycles. The Balaban J connectivity index is 2.03. The van der Waals surface area contributed by atoms with Crippen LogP contribution in [0.3, 0.4) is 0 Å². The molecule has 5 heteroatoms. The molecule has 2 aliphatic rings. The second-order valence-electron chi connectivity index (χ2n) is 4.95. The number of rotatable bonds is 3. The molecule has 1 saturated carbocycles. The molecular weight excluding hydrogens is 252 g/mol. The zero-order valence-electron chi connectivity index (χ0n) is 9.59. The van der Waals surface area contributed by atoms with Crippen LogP contribution in [0.1, 0.15) is 30.4 Å². The van der Waals surface area contributed by atoms with Crippen molar-refractivity contribution in [2.45, 2.75) is 29.6 Å². The molecule has 0 aromatic heterocycles. The monoisotopic (exact) mass is 264 g/mol. The van der Waals surface area contributed by atoms with Gasteiger partial charge in [0.1, 0.15) is 0 Å². The summed E-state index contributed by atoms with van der Waals surface area (Å²) in [6.07, 6.45) is 3.40. The van der Waals surface area contributed by atoms with Gasteiger partial charge in [0.15, 0.2) is 9.84 Å². The third-order valence-corrected chi connectivity index (χ3v) is 5.18. The van der Waals surface area contributed by atoms with Crippen molar-refractivity contribution in [1.82, 2.24) is 0 Å². The molecule has 0 saturated heterocycles. The highest BCUT2D eigenvalue weighted by molar-refractivity contribution is 7.94. The fourth-order valence-corrected chi connectivity index (χ4v) is 3.70. The van der Waals surface area contributed by atoms with Crippen LogP contribution in [0.5, 0.6) is 0 Å². The molecule has 1 aromatic rings. The number of carboxylic acids is 1. The van der Waals surface area contributed by atoms with Gasteiger partial charge in [-0.05, 0) is 42.2 Å². The third-order valence-electron chi connectivity index (χ3n) is 3.70. The van der Waals surface area contributed by atoms with Crippen molar-refractivity contribution in [3.05, 3.63) is 34.7 Å². The summed E-state index contributed by atoms with van der Waals surface area (Å²) in [5.74, 6) is -0.809. The standard InChI is InChI=1S/C13H12O4S/c14-12(15)8-13(4-5-13)10-1-2-11-9(7-10)3-6-18(11,16)17/h1-3,6-7H,4-5,8H2,(H,14,15). The SMILES string of the molecule is O=C(O)CC1(c2ccc3c(c2)C=CS3(=O)=O)CC1. The first-order chi connectivity index (χ1) is 8.43.